The maximum Gasteiger partial charge on any atom is 0.169 e. The van der Waals surface area contributed by atoms with E-state index in [1.807, 2.05) is 12.1 Å². The van der Waals surface area contributed by atoms with Gasteiger partial charge in [-0.3, -0.25) is 0 Å². The van der Waals surface area contributed by atoms with Crippen molar-refractivity contribution < 1.29 is 4.42 Å². The predicted molar refractivity (Wildman–Crippen MR) is 77.5 cm³/mol. The zero-order valence-electron chi connectivity index (χ0n) is 10.7. The van der Waals surface area contributed by atoms with Gasteiger partial charge in [0.1, 0.15) is 5.76 Å². The average molecular weight is 308 g/mol. The van der Waals surface area contributed by atoms with E-state index in [0.717, 1.165) is 23.4 Å². The van der Waals surface area contributed by atoms with Crippen LogP contribution >= 0.6 is 15.9 Å². The molecule has 96 valence electrons. The Bertz CT molecular complexity index is 489. The third kappa shape index (κ3) is 3.47. The predicted octanol–water partition coefficient (Wildman–Crippen LogP) is 4.59. The van der Waals surface area contributed by atoms with Crippen molar-refractivity contribution in [1.29, 1.82) is 0 Å². The van der Waals surface area contributed by atoms with Crippen LogP contribution in [0.5, 0.6) is 0 Å². The molecule has 0 saturated carbocycles. The summed E-state index contributed by atoms with van der Waals surface area (Å²) in [6, 6.07) is 13.0. The zero-order valence-corrected chi connectivity index (χ0v) is 12.3. The molecule has 0 spiro atoms. The van der Waals surface area contributed by atoms with Gasteiger partial charge < -0.3 is 9.73 Å². The first-order chi connectivity index (χ1) is 8.69. The number of hydrogen-bond donors (Lipinski definition) is 1. The summed E-state index contributed by atoms with van der Waals surface area (Å²) in [4.78, 5) is 0. The standard InChI is InChI=1S/C15H18BrNO/c1-3-14(12-6-4-11(2)5-7-12)17-10-13-8-9-15(16)18-13/h4-9,14,17H,3,10H2,1-2H3. The average Bonchev–Trinajstić information content (AvgIpc) is 2.78. The summed E-state index contributed by atoms with van der Waals surface area (Å²) in [5.41, 5.74) is 2.62. The molecule has 1 N–H and O–H groups in total. The molecule has 1 aromatic heterocycles. The molecule has 0 amide bonds. The molecular formula is C15H18BrNO. The van der Waals surface area contributed by atoms with Crippen LogP contribution in [0.15, 0.2) is 45.5 Å². The van der Waals surface area contributed by atoms with Gasteiger partial charge in [-0.2, -0.15) is 0 Å². The van der Waals surface area contributed by atoms with Crippen LogP contribution in [0.25, 0.3) is 0 Å². The Balaban J connectivity index is 1.99. The molecule has 1 unspecified atom stereocenters. The summed E-state index contributed by atoms with van der Waals surface area (Å²) in [6.45, 7) is 5.05. The topological polar surface area (TPSA) is 25.2 Å². The van der Waals surface area contributed by atoms with Gasteiger partial charge in [0, 0.05) is 6.04 Å². The first-order valence-corrected chi connectivity index (χ1v) is 7.02. The smallest absolute Gasteiger partial charge is 0.169 e. The molecule has 0 fully saturated rings. The Morgan fingerprint density at radius 1 is 1.17 bits per heavy atom. The second-order valence-corrected chi connectivity index (χ2v) is 5.24. The first kappa shape index (κ1) is 13.4. The molecule has 2 aromatic rings. The monoisotopic (exact) mass is 307 g/mol. The number of aryl methyl sites for hydroxylation is 1. The molecule has 0 saturated heterocycles. The Hall–Kier alpha value is -1.06. The number of nitrogens with one attached hydrogen (secondary N) is 1. The van der Waals surface area contributed by atoms with Gasteiger partial charge in [0.05, 0.1) is 6.54 Å². The van der Waals surface area contributed by atoms with Gasteiger partial charge in [0.15, 0.2) is 4.67 Å². The van der Waals surface area contributed by atoms with Crippen molar-refractivity contribution in [3.05, 3.63) is 58.0 Å². The van der Waals surface area contributed by atoms with E-state index in [9.17, 15) is 0 Å². The summed E-state index contributed by atoms with van der Waals surface area (Å²) < 4.78 is 6.27. The Morgan fingerprint density at radius 2 is 1.89 bits per heavy atom. The molecule has 1 aromatic carbocycles. The van der Waals surface area contributed by atoms with E-state index in [1.54, 1.807) is 0 Å². The molecule has 0 radical (unpaired) electrons. The van der Waals surface area contributed by atoms with Crippen molar-refractivity contribution in [2.45, 2.75) is 32.9 Å². The van der Waals surface area contributed by atoms with E-state index >= 15 is 0 Å². The lowest BCUT2D eigenvalue weighted by atomic mass is 10.0. The van der Waals surface area contributed by atoms with Crippen LogP contribution < -0.4 is 5.32 Å². The molecule has 18 heavy (non-hydrogen) atoms. The summed E-state index contributed by atoms with van der Waals surface area (Å²) in [5, 5.41) is 3.52. The fourth-order valence-electron chi connectivity index (χ4n) is 1.97. The molecular weight excluding hydrogens is 290 g/mol. The minimum Gasteiger partial charge on any atom is -0.453 e. The summed E-state index contributed by atoms with van der Waals surface area (Å²) in [7, 11) is 0. The normalized spacial score (nSPS) is 12.6. The lowest BCUT2D eigenvalue weighted by molar-refractivity contribution is 0.433. The molecule has 1 atom stereocenters. The summed E-state index contributed by atoms with van der Waals surface area (Å²) in [6.07, 6.45) is 1.06. The third-order valence-electron chi connectivity index (χ3n) is 3.04. The molecule has 2 nitrogen and oxygen atoms in total. The van der Waals surface area contributed by atoms with Crippen molar-refractivity contribution in [3.8, 4) is 0 Å². The molecule has 0 aliphatic rings. The molecule has 3 heteroatoms. The van der Waals surface area contributed by atoms with Gasteiger partial charge in [-0.05, 0) is 47.0 Å². The van der Waals surface area contributed by atoms with Gasteiger partial charge in [-0.1, -0.05) is 36.8 Å². The van der Waals surface area contributed by atoms with E-state index in [1.165, 1.54) is 11.1 Å². The van der Waals surface area contributed by atoms with Crippen molar-refractivity contribution in [2.75, 3.05) is 0 Å². The van der Waals surface area contributed by atoms with Gasteiger partial charge in [-0.15, -0.1) is 0 Å². The van der Waals surface area contributed by atoms with E-state index in [0.29, 0.717) is 6.04 Å². The van der Waals surface area contributed by atoms with Crippen LogP contribution in [-0.4, -0.2) is 0 Å². The largest absolute Gasteiger partial charge is 0.453 e. The highest BCUT2D eigenvalue weighted by Crippen LogP contribution is 2.19. The minimum atomic E-state index is 0.370. The van der Waals surface area contributed by atoms with Crippen LogP contribution in [0.4, 0.5) is 0 Å². The Kier molecular flexibility index (Phi) is 4.61. The molecule has 0 bridgehead atoms. The Labute approximate surface area is 117 Å². The maximum absolute atomic E-state index is 5.49. The summed E-state index contributed by atoms with van der Waals surface area (Å²) in [5.74, 6) is 0.951. The molecule has 1 heterocycles. The third-order valence-corrected chi connectivity index (χ3v) is 3.47. The molecule has 0 aliphatic carbocycles. The van der Waals surface area contributed by atoms with E-state index in [2.05, 4.69) is 59.4 Å². The SMILES string of the molecule is CCC(NCc1ccc(Br)o1)c1ccc(C)cc1. The molecule has 2 rings (SSSR count). The van der Waals surface area contributed by atoms with Gasteiger partial charge in [-0.25, -0.2) is 0 Å². The first-order valence-electron chi connectivity index (χ1n) is 6.23. The number of benzene rings is 1. The van der Waals surface area contributed by atoms with Crippen molar-refractivity contribution in [3.63, 3.8) is 0 Å². The Morgan fingerprint density at radius 3 is 2.44 bits per heavy atom. The van der Waals surface area contributed by atoms with Gasteiger partial charge in [0.2, 0.25) is 0 Å². The second kappa shape index (κ2) is 6.21. The lowest BCUT2D eigenvalue weighted by Crippen LogP contribution is -2.19. The number of halogens is 1. The fraction of sp³-hybridized carbons (Fsp3) is 0.333. The van der Waals surface area contributed by atoms with Crippen molar-refractivity contribution in [1.82, 2.24) is 5.32 Å². The van der Waals surface area contributed by atoms with Crippen LogP contribution in [0.2, 0.25) is 0 Å². The lowest BCUT2D eigenvalue weighted by Gasteiger charge is -2.16. The number of furan rings is 1. The number of hydrogen-bond acceptors (Lipinski definition) is 2. The maximum atomic E-state index is 5.49. The van der Waals surface area contributed by atoms with Crippen molar-refractivity contribution in [2.24, 2.45) is 0 Å². The van der Waals surface area contributed by atoms with Gasteiger partial charge in [0.25, 0.3) is 0 Å². The van der Waals surface area contributed by atoms with E-state index in [-0.39, 0.29) is 0 Å². The van der Waals surface area contributed by atoms with Crippen molar-refractivity contribution >= 4 is 15.9 Å². The summed E-state index contributed by atoms with van der Waals surface area (Å²) >= 11 is 3.31. The highest BCUT2D eigenvalue weighted by Gasteiger charge is 2.09. The van der Waals surface area contributed by atoms with E-state index < -0.39 is 0 Å². The van der Waals surface area contributed by atoms with Crippen LogP contribution in [0.1, 0.15) is 36.3 Å². The fourth-order valence-corrected chi connectivity index (χ4v) is 2.31. The quantitative estimate of drug-likeness (QED) is 0.874. The van der Waals surface area contributed by atoms with Crippen LogP contribution in [-0.2, 0) is 6.54 Å². The molecule has 0 aliphatic heterocycles. The number of rotatable bonds is 5. The van der Waals surface area contributed by atoms with Gasteiger partial charge >= 0.3 is 0 Å². The highest BCUT2D eigenvalue weighted by molar-refractivity contribution is 9.10. The zero-order chi connectivity index (χ0) is 13.0. The van der Waals surface area contributed by atoms with E-state index in [4.69, 9.17) is 4.42 Å². The van der Waals surface area contributed by atoms with Crippen LogP contribution in [0.3, 0.4) is 0 Å². The second-order valence-electron chi connectivity index (χ2n) is 4.46. The minimum absolute atomic E-state index is 0.370. The highest BCUT2D eigenvalue weighted by atomic mass is 79.9. The van der Waals surface area contributed by atoms with Crippen LogP contribution in [0, 0.1) is 6.92 Å².